The summed E-state index contributed by atoms with van der Waals surface area (Å²) in [5.74, 6) is 0. The number of nitrogens with one attached hydrogen (secondary N) is 1. The minimum absolute atomic E-state index is 0.0170. The molecule has 168 valence electrons. The minimum Gasteiger partial charge on any atom is -0.352 e. The van der Waals surface area contributed by atoms with E-state index in [0.29, 0.717) is 10.0 Å². The van der Waals surface area contributed by atoms with Crippen LogP contribution in [0.25, 0.3) is 5.69 Å². The minimum atomic E-state index is -0.0412. The molecule has 1 aliphatic heterocycles. The van der Waals surface area contributed by atoms with Crippen molar-refractivity contribution in [1.82, 2.24) is 24.7 Å². The molecule has 1 fully saturated rings. The number of thiocarbonyl (C=S) groups is 1. The predicted octanol–water partition coefficient (Wildman–Crippen LogP) is 5.33. The topological polar surface area (TPSA) is 36.3 Å². The third-order valence-electron chi connectivity index (χ3n) is 5.93. The number of rotatable bonds is 6. The van der Waals surface area contributed by atoms with Gasteiger partial charge in [-0.3, -0.25) is 4.98 Å². The van der Waals surface area contributed by atoms with Crippen molar-refractivity contribution in [2.24, 2.45) is 0 Å². The molecule has 3 aromatic rings. The Kier molecular flexibility index (Phi) is 6.77. The number of hydrogen-bond donors (Lipinski definition) is 1. The Morgan fingerprint density at radius 3 is 2.56 bits per heavy atom. The molecule has 0 saturated carbocycles. The van der Waals surface area contributed by atoms with Crippen LogP contribution >= 0.6 is 35.4 Å². The number of nitrogens with zero attached hydrogens (tertiary/aromatic N) is 4. The number of aromatic nitrogens is 2. The zero-order valence-corrected chi connectivity index (χ0v) is 21.0. The Bertz CT molecular complexity index is 1130. The highest BCUT2D eigenvalue weighted by Crippen LogP contribution is 2.41. The fourth-order valence-electron chi connectivity index (χ4n) is 4.41. The SMILES string of the molecule is Cc1cc(C2C(c3ccccn3)NC(=S)N2CCN(C)C)c(C)n1-c1ccc(Cl)cc1Cl. The molecule has 1 aromatic carbocycles. The van der Waals surface area contributed by atoms with Crippen LogP contribution in [0.3, 0.4) is 0 Å². The van der Waals surface area contributed by atoms with E-state index in [1.54, 1.807) is 6.07 Å². The van der Waals surface area contributed by atoms with Crippen molar-refractivity contribution in [2.45, 2.75) is 25.9 Å². The zero-order valence-electron chi connectivity index (χ0n) is 18.6. The molecule has 3 heterocycles. The molecule has 32 heavy (non-hydrogen) atoms. The third kappa shape index (κ3) is 4.37. The van der Waals surface area contributed by atoms with Crippen molar-refractivity contribution in [3.8, 4) is 5.69 Å². The molecule has 1 aliphatic rings. The molecule has 0 amide bonds. The summed E-state index contributed by atoms with van der Waals surface area (Å²) in [4.78, 5) is 9.09. The average molecular weight is 488 g/mol. The summed E-state index contributed by atoms with van der Waals surface area (Å²) >= 11 is 18.5. The predicted molar refractivity (Wildman–Crippen MR) is 136 cm³/mol. The molecule has 0 spiro atoms. The molecule has 8 heteroatoms. The van der Waals surface area contributed by atoms with Crippen LogP contribution in [0, 0.1) is 13.8 Å². The maximum Gasteiger partial charge on any atom is 0.170 e. The molecule has 1 N–H and O–H groups in total. The van der Waals surface area contributed by atoms with Crippen LogP contribution < -0.4 is 5.32 Å². The van der Waals surface area contributed by atoms with Crippen LogP contribution in [0.15, 0.2) is 48.7 Å². The lowest BCUT2D eigenvalue weighted by molar-refractivity contribution is 0.277. The molecule has 0 radical (unpaired) electrons. The van der Waals surface area contributed by atoms with E-state index in [2.05, 4.69) is 64.7 Å². The first-order chi connectivity index (χ1) is 15.3. The van der Waals surface area contributed by atoms with Gasteiger partial charge in [-0.05, 0) is 82.1 Å². The van der Waals surface area contributed by atoms with Crippen LogP contribution in [0.2, 0.25) is 10.0 Å². The Hall–Kier alpha value is -2.12. The van der Waals surface area contributed by atoms with Gasteiger partial charge in [-0.1, -0.05) is 29.3 Å². The summed E-state index contributed by atoms with van der Waals surface area (Å²) in [6.45, 7) is 5.95. The van der Waals surface area contributed by atoms with Gasteiger partial charge in [-0.15, -0.1) is 0 Å². The Balaban J connectivity index is 1.82. The van der Waals surface area contributed by atoms with Gasteiger partial charge in [0.2, 0.25) is 0 Å². The second-order valence-corrected chi connectivity index (χ2v) is 9.61. The lowest BCUT2D eigenvalue weighted by Crippen LogP contribution is -2.35. The molecule has 0 bridgehead atoms. The van der Waals surface area contributed by atoms with Gasteiger partial charge < -0.3 is 19.7 Å². The van der Waals surface area contributed by atoms with Crippen molar-refractivity contribution in [3.63, 3.8) is 0 Å². The first-order valence-corrected chi connectivity index (χ1v) is 11.7. The van der Waals surface area contributed by atoms with Crippen LogP contribution in [0.1, 0.15) is 34.7 Å². The molecule has 4 rings (SSSR count). The van der Waals surface area contributed by atoms with Crippen molar-refractivity contribution in [1.29, 1.82) is 0 Å². The largest absolute Gasteiger partial charge is 0.352 e. The van der Waals surface area contributed by atoms with E-state index in [-0.39, 0.29) is 12.1 Å². The summed E-state index contributed by atoms with van der Waals surface area (Å²) in [6, 6.07) is 13.8. The second-order valence-electron chi connectivity index (χ2n) is 8.38. The smallest absolute Gasteiger partial charge is 0.170 e. The molecule has 5 nitrogen and oxygen atoms in total. The maximum absolute atomic E-state index is 6.57. The highest BCUT2D eigenvalue weighted by Gasteiger charge is 2.41. The highest BCUT2D eigenvalue weighted by atomic mass is 35.5. The lowest BCUT2D eigenvalue weighted by atomic mass is 9.97. The summed E-state index contributed by atoms with van der Waals surface area (Å²) in [6.07, 6.45) is 1.83. The number of benzene rings is 1. The van der Waals surface area contributed by atoms with E-state index in [4.69, 9.17) is 35.4 Å². The number of halogens is 2. The van der Waals surface area contributed by atoms with Gasteiger partial charge in [-0.25, -0.2) is 0 Å². The fraction of sp³-hybridized carbons (Fsp3) is 0.333. The quantitative estimate of drug-likeness (QED) is 0.475. The molecular formula is C24H27Cl2N5S. The number of likely N-dealkylation sites (N-methyl/N-ethyl adjacent to an activating group) is 1. The van der Waals surface area contributed by atoms with E-state index >= 15 is 0 Å². The monoisotopic (exact) mass is 487 g/mol. The van der Waals surface area contributed by atoms with E-state index in [9.17, 15) is 0 Å². The van der Waals surface area contributed by atoms with E-state index in [1.165, 1.54) is 5.56 Å². The molecule has 2 aromatic heterocycles. The van der Waals surface area contributed by atoms with Gasteiger partial charge in [0.25, 0.3) is 0 Å². The second kappa shape index (κ2) is 9.40. The van der Waals surface area contributed by atoms with Gasteiger partial charge in [0.1, 0.15) is 0 Å². The van der Waals surface area contributed by atoms with Gasteiger partial charge in [0.05, 0.1) is 28.5 Å². The Labute approximate surface area is 204 Å². The van der Waals surface area contributed by atoms with Crippen LogP contribution in [-0.2, 0) is 0 Å². The Morgan fingerprint density at radius 1 is 1.12 bits per heavy atom. The number of aryl methyl sites for hydroxylation is 1. The fourth-order valence-corrected chi connectivity index (χ4v) is 5.24. The lowest BCUT2D eigenvalue weighted by Gasteiger charge is -2.29. The summed E-state index contributed by atoms with van der Waals surface area (Å²) in [5.41, 5.74) is 5.32. The third-order valence-corrected chi connectivity index (χ3v) is 6.82. The number of pyridine rings is 1. The molecule has 2 unspecified atom stereocenters. The maximum atomic E-state index is 6.57. The van der Waals surface area contributed by atoms with Crippen molar-refractivity contribution < 1.29 is 0 Å². The first-order valence-electron chi connectivity index (χ1n) is 10.5. The van der Waals surface area contributed by atoms with Gasteiger partial charge >= 0.3 is 0 Å². The van der Waals surface area contributed by atoms with E-state index < -0.39 is 0 Å². The van der Waals surface area contributed by atoms with Crippen molar-refractivity contribution >= 4 is 40.5 Å². The Morgan fingerprint density at radius 2 is 1.91 bits per heavy atom. The van der Waals surface area contributed by atoms with Crippen molar-refractivity contribution in [3.05, 3.63) is 81.4 Å². The summed E-state index contributed by atoms with van der Waals surface area (Å²) in [7, 11) is 4.15. The number of hydrogen-bond acceptors (Lipinski definition) is 3. The summed E-state index contributed by atoms with van der Waals surface area (Å²) in [5, 5.41) is 5.53. The molecule has 0 aliphatic carbocycles. The zero-order chi connectivity index (χ0) is 23.0. The molecule has 2 atom stereocenters. The van der Waals surface area contributed by atoms with Gasteiger partial charge in [0.15, 0.2) is 5.11 Å². The van der Waals surface area contributed by atoms with Gasteiger partial charge in [-0.2, -0.15) is 0 Å². The first kappa shape index (κ1) is 23.1. The van der Waals surface area contributed by atoms with Crippen LogP contribution in [0.5, 0.6) is 0 Å². The summed E-state index contributed by atoms with van der Waals surface area (Å²) < 4.78 is 2.19. The van der Waals surface area contributed by atoms with E-state index in [1.807, 2.05) is 30.5 Å². The van der Waals surface area contributed by atoms with Crippen molar-refractivity contribution in [2.75, 3.05) is 27.2 Å². The average Bonchev–Trinajstić information content (AvgIpc) is 3.23. The molecule has 1 saturated heterocycles. The highest BCUT2D eigenvalue weighted by molar-refractivity contribution is 7.80. The molecular weight excluding hydrogens is 461 g/mol. The van der Waals surface area contributed by atoms with E-state index in [0.717, 1.165) is 41.0 Å². The van der Waals surface area contributed by atoms with Crippen LogP contribution in [-0.4, -0.2) is 51.6 Å². The standard InChI is InChI=1S/C24H27Cl2N5S/c1-15-13-18(16(2)31(15)21-9-8-17(25)14-19(21)26)23-22(20-7-5-6-10-27-20)28-24(32)30(23)12-11-29(3)4/h5-10,13-14,22-23H,11-12H2,1-4H3,(H,28,32). The normalized spacial score (nSPS) is 18.5. The van der Waals surface area contributed by atoms with Crippen LogP contribution in [0.4, 0.5) is 0 Å². The van der Waals surface area contributed by atoms with Gasteiger partial charge in [0, 0.05) is 35.7 Å².